The van der Waals surface area contributed by atoms with Crippen LogP contribution in [0.2, 0.25) is 0 Å². The van der Waals surface area contributed by atoms with Gasteiger partial charge in [0.2, 0.25) is 0 Å². The lowest BCUT2D eigenvalue weighted by Crippen LogP contribution is -2.16. The van der Waals surface area contributed by atoms with Crippen molar-refractivity contribution in [2.75, 3.05) is 20.2 Å². The Morgan fingerprint density at radius 1 is 1.08 bits per heavy atom. The first kappa shape index (κ1) is 16.5. The molecule has 24 heavy (non-hydrogen) atoms. The van der Waals surface area contributed by atoms with Crippen molar-refractivity contribution in [3.8, 4) is 5.75 Å². The molecule has 0 aliphatic rings. The lowest BCUT2D eigenvalue weighted by molar-refractivity contribution is 0.322. The molecular weight excluding hydrogens is 324 g/mol. The topological polar surface area (TPSA) is 60.3 Å². The quantitative estimate of drug-likeness (QED) is 0.699. The maximum atomic E-state index is 13.0. The molecule has 5 nitrogen and oxygen atoms in total. The van der Waals surface area contributed by atoms with E-state index < -0.39 is 10.0 Å². The molecule has 0 radical (unpaired) electrons. The number of aromatic nitrogens is 1. The first-order valence-electron chi connectivity index (χ1n) is 7.74. The zero-order chi connectivity index (χ0) is 17.2. The molecule has 0 fully saturated rings. The smallest absolute Gasteiger partial charge is 0.268 e. The van der Waals surface area contributed by atoms with Gasteiger partial charge in [-0.25, -0.2) is 12.4 Å². The average molecular weight is 344 g/mol. The minimum absolute atomic E-state index is 0.309. The summed E-state index contributed by atoms with van der Waals surface area (Å²) in [6.07, 6.45) is 1.58. The van der Waals surface area contributed by atoms with Gasteiger partial charge in [0.1, 0.15) is 12.4 Å². The summed E-state index contributed by atoms with van der Waals surface area (Å²) in [6, 6.07) is 14.2. The van der Waals surface area contributed by atoms with E-state index in [9.17, 15) is 8.42 Å². The van der Waals surface area contributed by atoms with Gasteiger partial charge in [-0.2, -0.15) is 0 Å². The Bertz CT molecular complexity index is 961. The van der Waals surface area contributed by atoms with Crippen LogP contribution in [0.3, 0.4) is 0 Å². The highest BCUT2D eigenvalue weighted by molar-refractivity contribution is 7.90. The lowest BCUT2D eigenvalue weighted by atomic mass is 10.2. The first-order valence-corrected chi connectivity index (χ1v) is 9.18. The first-order chi connectivity index (χ1) is 11.6. The SMILES string of the molecule is CNCCOc1cccc2c1ccn2S(=O)(=O)c1ccccc1C. The average Bonchev–Trinajstić information content (AvgIpc) is 3.01. The number of rotatable bonds is 6. The van der Waals surface area contributed by atoms with E-state index in [0.29, 0.717) is 22.8 Å². The van der Waals surface area contributed by atoms with Gasteiger partial charge in [-0.15, -0.1) is 0 Å². The number of hydrogen-bond acceptors (Lipinski definition) is 4. The number of aryl methyl sites for hydroxylation is 1. The minimum atomic E-state index is -3.65. The molecule has 0 atom stereocenters. The van der Waals surface area contributed by atoms with Crippen LogP contribution in [0.25, 0.3) is 10.9 Å². The Morgan fingerprint density at radius 3 is 2.62 bits per heavy atom. The van der Waals surface area contributed by atoms with Crippen molar-refractivity contribution in [1.29, 1.82) is 0 Å². The monoisotopic (exact) mass is 344 g/mol. The van der Waals surface area contributed by atoms with Crippen LogP contribution in [0.4, 0.5) is 0 Å². The Morgan fingerprint density at radius 2 is 1.88 bits per heavy atom. The van der Waals surface area contributed by atoms with E-state index in [-0.39, 0.29) is 0 Å². The van der Waals surface area contributed by atoms with Gasteiger partial charge < -0.3 is 10.1 Å². The molecule has 2 aromatic carbocycles. The molecule has 0 unspecified atom stereocenters. The molecule has 0 spiro atoms. The molecule has 3 aromatic rings. The van der Waals surface area contributed by atoms with Gasteiger partial charge in [-0.3, -0.25) is 0 Å². The summed E-state index contributed by atoms with van der Waals surface area (Å²) in [5.74, 6) is 0.682. The van der Waals surface area contributed by atoms with Crippen LogP contribution in [-0.4, -0.2) is 32.6 Å². The minimum Gasteiger partial charge on any atom is -0.492 e. The highest BCUT2D eigenvalue weighted by atomic mass is 32.2. The second kappa shape index (κ2) is 6.67. The molecule has 0 amide bonds. The molecule has 0 bridgehead atoms. The molecule has 0 aliphatic carbocycles. The van der Waals surface area contributed by atoms with Crippen molar-refractivity contribution < 1.29 is 13.2 Å². The summed E-state index contributed by atoms with van der Waals surface area (Å²) in [6.45, 7) is 3.04. The number of nitrogens with zero attached hydrogens (tertiary/aromatic N) is 1. The fourth-order valence-corrected chi connectivity index (χ4v) is 4.24. The molecule has 1 heterocycles. The molecule has 1 aromatic heterocycles. The maximum absolute atomic E-state index is 13.0. The van der Waals surface area contributed by atoms with E-state index >= 15 is 0 Å². The van der Waals surface area contributed by atoms with Crippen molar-refractivity contribution in [2.45, 2.75) is 11.8 Å². The third kappa shape index (κ3) is 2.90. The van der Waals surface area contributed by atoms with Gasteiger partial charge in [0.25, 0.3) is 10.0 Å². The maximum Gasteiger partial charge on any atom is 0.268 e. The van der Waals surface area contributed by atoms with Crippen molar-refractivity contribution >= 4 is 20.9 Å². The fraction of sp³-hybridized carbons (Fsp3) is 0.222. The normalized spacial score (nSPS) is 11.8. The van der Waals surface area contributed by atoms with E-state index in [1.54, 1.807) is 49.5 Å². The number of fused-ring (bicyclic) bond motifs is 1. The largest absolute Gasteiger partial charge is 0.492 e. The number of benzene rings is 2. The lowest BCUT2D eigenvalue weighted by Gasteiger charge is -2.11. The Labute approximate surface area is 141 Å². The molecule has 0 aliphatic heterocycles. The van der Waals surface area contributed by atoms with Gasteiger partial charge in [-0.05, 0) is 43.8 Å². The Hall–Kier alpha value is -2.31. The summed E-state index contributed by atoms with van der Waals surface area (Å²) in [4.78, 5) is 0.309. The molecule has 3 rings (SSSR count). The summed E-state index contributed by atoms with van der Waals surface area (Å²) in [5, 5.41) is 3.80. The summed E-state index contributed by atoms with van der Waals surface area (Å²) < 4.78 is 33.1. The molecule has 0 saturated carbocycles. The van der Waals surface area contributed by atoms with Crippen LogP contribution in [0.5, 0.6) is 5.75 Å². The summed E-state index contributed by atoms with van der Waals surface area (Å²) in [7, 11) is -1.79. The van der Waals surface area contributed by atoms with E-state index in [4.69, 9.17) is 4.74 Å². The van der Waals surface area contributed by atoms with Gasteiger partial charge in [0.05, 0.1) is 10.4 Å². The van der Waals surface area contributed by atoms with Crippen LogP contribution in [-0.2, 0) is 10.0 Å². The molecule has 0 saturated heterocycles. The van der Waals surface area contributed by atoms with Crippen molar-refractivity contribution in [3.63, 3.8) is 0 Å². The van der Waals surface area contributed by atoms with E-state index in [1.165, 1.54) is 3.97 Å². The third-order valence-corrected chi connectivity index (χ3v) is 5.75. The van der Waals surface area contributed by atoms with Crippen molar-refractivity contribution in [3.05, 3.63) is 60.3 Å². The van der Waals surface area contributed by atoms with Crippen LogP contribution in [0, 0.1) is 6.92 Å². The molecule has 126 valence electrons. The van der Waals surface area contributed by atoms with Crippen LogP contribution in [0.1, 0.15) is 5.56 Å². The third-order valence-electron chi connectivity index (χ3n) is 3.90. The van der Waals surface area contributed by atoms with Gasteiger partial charge in [-0.1, -0.05) is 24.3 Å². The number of likely N-dealkylation sites (N-methyl/N-ethyl adjacent to an activating group) is 1. The summed E-state index contributed by atoms with van der Waals surface area (Å²) >= 11 is 0. The predicted octanol–water partition coefficient (Wildman–Crippen LogP) is 2.78. The van der Waals surface area contributed by atoms with Crippen molar-refractivity contribution in [2.24, 2.45) is 0 Å². The van der Waals surface area contributed by atoms with Crippen LogP contribution < -0.4 is 10.1 Å². The number of nitrogens with one attached hydrogen (secondary N) is 1. The van der Waals surface area contributed by atoms with Crippen LogP contribution in [0.15, 0.2) is 59.6 Å². The second-order valence-electron chi connectivity index (χ2n) is 5.52. The van der Waals surface area contributed by atoms with Gasteiger partial charge >= 0.3 is 0 Å². The van der Waals surface area contributed by atoms with Gasteiger partial charge in [0.15, 0.2) is 0 Å². The highest BCUT2D eigenvalue weighted by Gasteiger charge is 2.21. The Kier molecular flexibility index (Phi) is 4.59. The standard InChI is InChI=1S/C18H20N2O3S/c1-14-6-3-4-9-18(14)24(21,22)20-12-10-15-16(20)7-5-8-17(15)23-13-11-19-2/h3-10,12,19H,11,13H2,1-2H3. The number of ether oxygens (including phenoxy) is 1. The van der Waals surface area contributed by atoms with Gasteiger partial charge in [0, 0.05) is 18.1 Å². The zero-order valence-electron chi connectivity index (χ0n) is 13.7. The molecule has 1 N–H and O–H groups in total. The molecule has 6 heteroatoms. The van der Waals surface area contributed by atoms with Crippen molar-refractivity contribution in [1.82, 2.24) is 9.29 Å². The summed E-state index contributed by atoms with van der Waals surface area (Å²) in [5.41, 5.74) is 1.33. The van der Waals surface area contributed by atoms with E-state index in [0.717, 1.165) is 17.5 Å². The predicted molar refractivity (Wildman–Crippen MR) is 95.1 cm³/mol. The van der Waals surface area contributed by atoms with Crippen LogP contribution >= 0.6 is 0 Å². The second-order valence-corrected chi connectivity index (χ2v) is 7.31. The van der Waals surface area contributed by atoms with E-state index in [1.807, 2.05) is 19.2 Å². The fourth-order valence-electron chi connectivity index (χ4n) is 2.66. The van der Waals surface area contributed by atoms with E-state index in [2.05, 4.69) is 5.32 Å². The highest BCUT2D eigenvalue weighted by Crippen LogP contribution is 2.29. The Balaban J connectivity index is 2.08. The zero-order valence-corrected chi connectivity index (χ0v) is 14.5. The molecular formula is C18H20N2O3S. The number of hydrogen-bond donors (Lipinski definition) is 1.